The number of hydrogen-bond acceptors (Lipinski definition) is 4. The van der Waals surface area contributed by atoms with Crippen LogP contribution >= 0.6 is 12.4 Å². The van der Waals surface area contributed by atoms with Gasteiger partial charge in [-0.3, -0.25) is 4.79 Å². The zero-order chi connectivity index (χ0) is 19.5. The Bertz CT molecular complexity index is 971. The monoisotopic (exact) mass is 418 g/mol. The van der Waals surface area contributed by atoms with Crippen molar-refractivity contribution in [2.75, 3.05) is 19.6 Å². The van der Waals surface area contributed by atoms with Crippen LogP contribution in [-0.2, 0) is 18.3 Å². The number of halogens is 2. The highest BCUT2D eigenvalue weighted by molar-refractivity contribution is 5.85. The van der Waals surface area contributed by atoms with Crippen molar-refractivity contribution < 1.29 is 13.6 Å². The van der Waals surface area contributed by atoms with E-state index in [1.165, 1.54) is 6.07 Å². The minimum absolute atomic E-state index is 0. The van der Waals surface area contributed by atoms with Gasteiger partial charge >= 0.3 is 0 Å². The molecule has 3 aromatic rings. The Morgan fingerprint density at radius 1 is 1.31 bits per heavy atom. The molecule has 1 amide bonds. The number of furan rings is 1. The van der Waals surface area contributed by atoms with Gasteiger partial charge < -0.3 is 19.2 Å². The van der Waals surface area contributed by atoms with Gasteiger partial charge in [-0.25, -0.2) is 9.37 Å². The molecule has 1 N–H and O–H groups in total. The standard InChI is InChI=1S/C21H23FN4O2.ClH/c1-25-12-11-24-21(25)18-14-23-10-13-26(18)20(27)9-7-15-6-8-19(28-15)16-4-2-3-5-17(16)22;/h2-6,8,11-12,18,23H,7,9-10,13-14H2,1H3;1H. The molecule has 0 spiro atoms. The molecule has 1 aliphatic heterocycles. The average Bonchev–Trinajstić information content (AvgIpc) is 3.35. The Morgan fingerprint density at radius 3 is 2.90 bits per heavy atom. The molecule has 1 saturated heterocycles. The summed E-state index contributed by atoms with van der Waals surface area (Å²) in [4.78, 5) is 19.2. The van der Waals surface area contributed by atoms with E-state index in [-0.39, 0.29) is 30.2 Å². The van der Waals surface area contributed by atoms with Crippen LogP contribution in [0.3, 0.4) is 0 Å². The SMILES string of the molecule is Cl.Cn1ccnc1C1CNCCN1C(=O)CCc1ccc(-c2ccccc2F)o1. The van der Waals surface area contributed by atoms with E-state index >= 15 is 0 Å². The third kappa shape index (κ3) is 4.52. The number of imidazole rings is 1. The summed E-state index contributed by atoms with van der Waals surface area (Å²) in [6, 6.07) is 9.98. The fourth-order valence-electron chi connectivity index (χ4n) is 3.62. The number of aromatic nitrogens is 2. The second kappa shape index (κ2) is 9.24. The normalized spacial score (nSPS) is 16.5. The zero-order valence-corrected chi connectivity index (χ0v) is 17.0. The maximum Gasteiger partial charge on any atom is 0.223 e. The van der Waals surface area contributed by atoms with Crippen molar-refractivity contribution in [1.29, 1.82) is 0 Å². The molecule has 0 bridgehead atoms. The van der Waals surface area contributed by atoms with Crippen LogP contribution in [-0.4, -0.2) is 40.0 Å². The van der Waals surface area contributed by atoms with Gasteiger partial charge in [-0.1, -0.05) is 12.1 Å². The van der Waals surface area contributed by atoms with E-state index in [4.69, 9.17) is 4.42 Å². The molecule has 0 aliphatic carbocycles. The molecule has 8 heteroatoms. The predicted octanol–water partition coefficient (Wildman–Crippen LogP) is 3.35. The molecule has 2 aromatic heterocycles. The van der Waals surface area contributed by atoms with Gasteiger partial charge in [-0.2, -0.15) is 0 Å². The van der Waals surface area contributed by atoms with E-state index in [0.717, 1.165) is 12.4 Å². The molecular weight excluding hydrogens is 395 g/mol. The molecule has 1 atom stereocenters. The largest absolute Gasteiger partial charge is 0.461 e. The molecule has 3 heterocycles. The summed E-state index contributed by atoms with van der Waals surface area (Å²) in [6.07, 6.45) is 4.45. The van der Waals surface area contributed by atoms with E-state index in [2.05, 4.69) is 10.3 Å². The van der Waals surface area contributed by atoms with Crippen molar-refractivity contribution >= 4 is 18.3 Å². The Hall–Kier alpha value is -2.64. The molecule has 1 aromatic carbocycles. The topological polar surface area (TPSA) is 63.3 Å². The van der Waals surface area contributed by atoms with Crippen molar-refractivity contribution in [3.8, 4) is 11.3 Å². The molecule has 1 unspecified atom stereocenters. The summed E-state index contributed by atoms with van der Waals surface area (Å²) in [6.45, 7) is 2.11. The van der Waals surface area contributed by atoms with Crippen LogP contribution in [0.25, 0.3) is 11.3 Å². The number of nitrogens with one attached hydrogen (secondary N) is 1. The first-order valence-corrected chi connectivity index (χ1v) is 9.44. The number of piperazine rings is 1. The smallest absolute Gasteiger partial charge is 0.223 e. The number of rotatable bonds is 5. The minimum atomic E-state index is -0.321. The summed E-state index contributed by atoms with van der Waals surface area (Å²) in [5.41, 5.74) is 0.428. The van der Waals surface area contributed by atoms with Crippen LogP contribution in [0.2, 0.25) is 0 Å². The van der Waals surface area contributed by atoms with Crippen LogP contribution in [0.4, 0.5) is 4.39 Å². The lowest BCUT2D eigenvalue weighted by atomic mass is 10.1. The maximum absolute atomic E-state index is 13.9. The molecule has 0 saturated carbocycles. The van der Waals surface area contributed by atoms with Crippen molar-refractivity contribution in [1.82, 2.24) is 19.8 Å². The van der Waals surface area contributed by atoms with Gasteiger partial charge in [-0.05, 0) is 24.3 Å². The molecule has 6 nitrogen and oxygen atoms in total. The quantitative estimate of drug-likeness (QED) is 0.690. The van der Waals surface area contributed by atoms with Crippen LogP contribution in [0.15, 0.2) is 53.2 Å². The highest BCUT2D eigenvalue weighted by Crippen LogP contribution is 2.26. The number of aryl methyl sites for hydroxylation is 2. The summed E-state index contributed by atoms with van der Waals surface area (Å²) in [5.74, 6) is 1.78. The Balaban J connectivity index is 0.00000240. The number of carbonyl (C=O) groups excluding carboxylic acids is 1. The van der Waals surface area contributed by atoms with Crippen LogP contribution in [0.1, 0.15) is 24.0 Å². The van der Waals surface area contributed by atoms with Gasteiger partial charge in [0.2, 0.25) is 5.91 Å². The maximum atomic E-state index is 13.9. The third-order valence-electron chi connectivity index (χ3n) is 5.11. The number of benzene rings is 1. The summed E-state index contributed by atoms with van der Waals surface area (Å²) < 4.78 is 21.6. The van der Waals surface area contributed by atoms with Crippen LogP contribution < -0.4 is 5.32 Å². The van der Waals surface area contributed by atoms with Crippen molar-refractivity contribution in [2.45, 2.75) is 18.9 Å². The predicted molar refractivity (Wildman–Crippen MR) is 110 cm³/mol. The van der Waals surface area contributed by atoms with Crippen LogP contribution in [0.5, 0.6) is 0 Å². The molecule has 154 valence electrons. The fourth-order valence-corrected chi connectivity index (χ4v) is 3.62. The van der Waals surface area contributed by atoms with Gasteiger partial charge in [-0.15, -0.1) is 12.4 Å². The molecule has 4 rings (SSSR count). The lowest BCUT2D eigenvalue weighted by Crippen LogP contribution is -2.49. The fraction of sp³-hybridized carbons (Fsp3) is 0.333. The second-order valence-corrected chi connectivity index (χ2v) is 6.95. The first-order valence-electron chi connectivity index (χ1n) is 9.44. The average molecular weight is 419 g/mol. The van der Waals surface area contributed by atoms with Gasteiger partial charge in [0, 0.05) is 51.9 Å². The van der Waals surface area contributed by atoms with Gasteiger partial charge in [0.05, 0.1) is 5.56 Å². The number of carbonyl (C=O) groups is 1. The zero-order valence-electron chi connectivity index (χ0n) is 16.2. The molecule has 29 heavy (non-hydrogen) atoms. The first-order chi connectivity index (χ1) is 13.6. The molecule has 1 aliphatic rings. The Kier molecular flexibility index (Phi) is 6.71. The first kappa shape index (κ1) is 21.1. The third-order valence-corrected chi connectivity index (χ3v) is 5.11. The minimum Gasteiger partial charge on any atom is -0.461 e. The van der Waals surface area contributed by atoms with E-state index in [9.17, 15) is 9.18 Å². The number of nitrogens with zero attached hydrogens (tertiary/aromatic N) is 3. The van der Waals surface area contributed by atoms with Crippen molar-refractivity contribution in [3.63, 3.8) is 0 Å². The van der Waals surface area contributed by atoms with E-state index < -0.39 is 0 Å². The van der Waals surface area contributed by atoms with Crippen molar-refractivity contribution in [2.24, 2.45) is 7.05 Å². The van der Waals surface area contributed by atoms with E-state index in [1.807, 2.05) is 28.8 Å². The lowest BCUT2D eigenvalue weighted by Gasteiger charge is -2.35. The highest BCUT2D eigenvalue weighted by Gasteiger charge is 2.30. The van der Waals surface area contributed by atoms with Crippen LogP contribution in [0, 0.1) is 5.82 Å². The summed E-state index contributed by atoms with van der Waals surface area (Å²) in [7, 11) is 1.94. The molecular formula is C21H24ClFN4O2. The van der Waals surface area contributed by atoms with Crippen molar-refractivity contribution in [3.05, 3.63) is 66.2 Å². The Labute approximate surface area is 175 Å². The van der Waals surface area contributed by atoms with Gasteiger partial charge in [0.15, 0.2) is 0 Å². The number of amides is 1. The molecule has 0 radical (unpaired) electrons. The van der Waals surface area contributed by atoms with Gasteiger partial charge in [0.1, 0.15) is 29.2 Å². The molecule has 1 fully saturated rings. The van der Waals surface area contributed by atoms with Gasteiger partial charge in [0.25, 0.3) is 0 Å². The Morgan fingerprint density at radius 2 is 2.14 bits per heavy atom. The van der Waals surface area contributed by atoms with E-state index in [1.54, 1.807) is 30.5 Å². The summed E-state index contributed by atoms with van der Waals surface area (Å²) >= 11 is 0. The second-order valence-electron chi connectivity index (χ2n) is 6.95. The number of hydrogen-bond donors (Lipinski definition) is 1. The summed E-state index contributed by atoms with van der Waals surface area (Å²) in [5, 5.41) is 3.33. The highest BCUT2D eigenvalue weighted by atomic mass is 35.5. The van der Waals surface area contributed by atoms with E-state index in [0.29, 0.717) is 43.0 Å². The lowest BCUT2D eigenvalue weighted by molar-refractivity contribution is -0.134.